The Balaban J connectivity index is 1.59. The molecule has 0 saturated heterocycles. The Morgan fingerprint density at radius 3 is 2.43 bits per heavy atom. The molecule has 0 saturated carbocycles. The number of aromatic amines is 1. The molecule has 7 nitrogen and oxygen atoms in total. The van der Waals surface area contributed by atoms with Crippen LogP contribution in [0.4, 0.5) is 0 Å². The Morgan fingerprint density at radius 2 is 1.80 bits per heavy atom. The molecule has 4 rings (SSSR count). The standard InChI is InChI=1S/C22H22N6OS/c1-4-30-22-23-19(14(2)3)21(29)28(22)13-15-9-11-16(12-10-15)17-7-5-6-8-18(17)20-24-26-27-25-20/h5-12H,4,13H2,1-3H3,(H,24,25,26,27). The van der Waals surface area contributed by atoms with E-state index in [0.717, 1.165) is 38.7 Å². The van der Waals surface area contributed by atoms with Crippen molar-refractivity contribution in [3.05, 3.63) is 65.4 Å². The van der Waals surface area contributed by atoms with Crippen molar-refractivity contribution in [1.29, 1.82) is 0 Å². The van der Waals surface area contributed by atoms with Gasteiger partial charge >= 0.3 is 0 Å². The summed E-state index contributed by atoms with van der Waals surface area (Å²) in [5.74, 6) is 1.39. The first-order valence-corrected chi connectivity index (χ1v) is 10.7. The lowest BCUT2D eigenvalue weighted by Gasteiger charge is -2.18. The van der Waals surface area contributed by atoms with Gasteiger partial charge in [0.2, 0.25) is 5.82 Å². The van der Waals surface area contributed by atoms with Gasteiger partial charge in [-0.1, -0.05) is 67.2 Å². The average molecular weight is 419 g/mol. The van der Waals surface area contributed by atoms with E-state index in [2.05, 4.69) is 44.7 Å². The van der Waals surface area contributed by atoms with E-state index in [9.17, 15) is 4.79 Å². The molecule has 0 atom stereocenters. The molecule has 0 unspecified atom stereocenters. The van der Waals surface area contributed by atoms with Crippen molar-refractivity contribution in [3.8, 4) is 22.5 Å². The van der Waals surface area contributed by atoms with Gasteiger partial charge < -0.3 is 0 Å². The van der Waals surface area contributed by atoms with Gasteiger partial charge in [-0.15, -0.1) is 10.2 Å². The predicted octanol–water partition coefficient (Wildman–Crippen LogP) is 4.28. The third-order valence-corrected chi connectivity index (χ3v) is 5.61. The summed E-state index contributed by atoms with van der Waals surface area (Å²) in [6, 6.07) is 16.2. The van der Waals surface area contributed by atoms with E-state index in [1.54, 1.807) is 16.7 Å². The lowest BCUT2D eigenvalue weighted by molar-refractivity contribution is -0.123. The Morgan fingerprint density at radius 1 is 1.07 bits per heavy atom. The number of benzene rings is 2. The summed E-state index contributed by atoms with van der Waals surface area (Å²) < 4.78 is 0. The number of amides is 1. The van der Waals surface area contributed by atoms with Gasteiger partial charge in [0.05, 0.1) is 6.54 Å². The summed E-state index contributed by atoms with van der Waals surface area (Å²) in [4.78, 5) is 19.1. The molecule has 0 radical (unpaired) electrons. The molecule has 8 heteroatoms. The Hall–Kier alpha value is -3.26. The Labute approximate surface area is 179 Å². The number of carbonyl (C=O) groups is 1. The fourth-order valence-electron chi connectivity index (χ4n) is 3.30. The van der Waals surface area contributed by atoms with E-state index in [0.29, 0.717) is 18.1 Å². The van der Waals surface area contributed by atoms with Crippen molar-refractivity contribution < 1.29 is 4.79 Å². The minimum atomic E-state index is -0.0301. The van der Waals surface area contributed by atoms with Crippen LogP contribution in [0.5, 0.6) is 0 Å². The molecular weight excluding hydrogens is 396 g/mol. The highest BCUT2D eigenvalue weighted by atomic mass is 32.2. The number of nitrogens with one attached hydrogen (secondary N) is 1. The zero-order valence-electron chi connectivity index (χ0n) is 17.1. The largest absolute Gasteiger partial charge is 0.281 e. The maximum atomic E-state index is 12.8. The van der Waals surface area contributed by atoms with Gasteiger partial charge in [0.15, 0.2) is 5.17 Å². The van der Waals surface area contributed by atoms with Crippen molar-refractivity contribution in [2.75, 3.05) is 5.75 Å². The van der Waals surface area contributed by atoms with E-state index in [4.69, 9.17) is 0 Å². The molecule has 1 aliphatic rings. The number of aromatic nitrogens is 4. The Kier molecular flexibility index (Phi) is 5.76. The fourth-order valence-corrected chi connectivity index (χ4v) is 4.02. The number of nitrogens with zero attached hydrogens (tertiary/aromatic N) is 5. The smallest absolute Gasteiger partial charge is 0.278 e. The van der Waals surface area contributed by atoms with Crippen LogP contribution in [0.15, 0.2) is 64.8 Å². The van der Waals surface area contributed by atoms with Crippen molar-refractivity contribution in [2.45, 2.75) is 27.3 Å². The van der Waals surface area contributed by atoms with Crippen LogP contribution < -0.4 is 0 Å². The second-order valence-electron chi connectivity index (χ2n) is 7.05. The number of rotatable bonds is 5. The topological polar surface area (TPSA) is 87.1 Å². The quantitative estimate of drug-likeness (QED) is 0.625. The number of H-pyrrole nitrogens is 1. The van der Waals surface area contributed by atoms with E-state index in [-0.39, 0.29) is 5.91 Å². The summed E-state index contributed by atoms with van der Waals surface area (Å²) in [6.07, 6.45) is 0. The summed E-state index contributed by atoms with van der Waals surface area (Å²) in [7, 11) is 0. The second kappa shape index (κ2) is 8.62. The number of tetrazole rings is 1. The van der Waals surface area contributed by atoms with E-state index in [1.165, 1.54) is 0 Å². The molecule has 0 fully saturated rings. The van der Waals surface area contributed by atoms with Gasteiger partial charge in [-0.2, -0.15) is 5.21 Å². The van der Waals surface area contributed by atoms with E-state index >= 15 is 0 Å². The number of thioether (sulfide) groups is 1. The molecule has 0 bridgehead atoms. The van der Waals surface area contributed by atoms with Crippen LogP contribution in [0.3, 0.4) is 0 Å². The number of carbonyl (C=O) groups excluding carboxylic acids is 1. The summed E-state index contributed by atoms with van der Waals surface area (Å²) in [5, 5.41) is 15.1. The predicted molar refractivity (Wildman–Crippen MR) is 120 cm³/mol. The van der Waals surface area contributed by atoms with Gasteiger partial charge in [0, 0.05) is 5.56 Å². The lowest BCUT2D eigenvalue weighted by atomic mass is 9.98. The molecular formula is C22H22N6OS. The van der Waals surface area contributed by atoms with Gasteiger partial charge in [0.1, 0.15) is 5.70 Å². The van der Waals surface area contributed by atoms with E-state index in [1.807, 2.05) is 50.2 Å². The highest BCUT2D eigenvalue weighted by Crippen LogP contribution is 2.31. The molecule has 0 aliphatic carbocycles. The summed E-state index contributed by atoms with van der Waals surface area (Å²) in [5.41, 5.74) is 5.52. The van der Waals surface area contributed by atoms with E-state index < -0.39 is 0 Å². The molecule has 2 aromatic carbocycles. The number of amidine groups is 1. The van der Waals surface area contributed by atoms with Crippen molar-refractivity contribution in [1.82, 2.24) is 25.5 Å². The summed E-state index contributed by atoms with van der Waals surface area (Å²) in [6.45, 7) is 6.40. The second-order valence-corrected chi connectivity index (χ2v) is 8.28. The van der Waals surface area contributed by atoms with Gasteiger partial charge in [-0.25, -0.2) is 4.99 Å². The van der Waals surface area contributed by atoms with Crippen LogP contribution in [-0.4, -0.2) is 42.4 Å². The van der Waals surface area contributed by atoms with Gasteiger partial charge in [-0.3, -0.25) is 9.69 Å². The highest BCUT2D eigenvalue weighted by Gasteiger charge is 2.30. The van der Waals surface area contributed by atoms with Crippen LogP contribution in [0.1, 0.15) is 26.3 Å². The summed E-state index contributed by atoms with van der Waals surface area (Å²) >= 11 is 1.59. The minimum absolute atomic E-state index is 0.0301. The molecule has 1 aliphatic heterocycles. The maximum Gasteiger partial charge on any atom is 0.278 e. The van der Waals surface area contributed by atoms with Gasteiger partial charge in [0.25, 0.3) is 5.91 Å². The van der Waals surface area contributed by atoms with Crippen LogP contribution in [-0.2, 0) is 11.3 Å². The van der Waals surface area contributed by atoms with Crippen molar-refractivity contribution in [3.63, 3.8) is 0 Å². The van der Waals surface area contributed by atoms with Crippen molar-refractivity contribution in [2.24, 2.45) is 4.99 Å². The van der Waals surface area contributed by atoms with Crippen LogP contribution in [0.25, 0.3) is 22.5 Å². The molecule has 1 aromatic heterocycles. The first-order valence-electron chi connectivity index (χ1n) is 9.71. The number of allylic oxidation sites excluding steroid dienone is 1. The zero-order chi connectivity index (χ0) is 21.1. The Bertz CT molecular complexity index is 1110. The molecule has 1 amide bonds. The zero-order valence-corrected chi connectivity index (χ0v) is 17.9. The third-order valence-electron chi connectivity index (χ3n) is 4.75. The van der Waals surface area contributed by atoms with Crippen LogP contribution in [0, 0.1) is 0 Å². The molecule has 1 N–H and O–H groups in total. The maximum absolute atomic E-state index is 12.8. The first kappa shape index (κ1) is 20.0. The molecule has 0 spiro atoms. The van der Waals surface area contributed by atoms with Crippen LogP contribution >= 0.6 is 11.8 Å². The minimum Gasteiger partial charge on any atom is -0.281 e. The normalized spacial score (nSPS) is 13.7. The van der Waals surface area contributed by atoms with Gasteiger partial charge in [-0.05, 0) is 47.1 Å². The lowest BCUT2D eigenvalue weighted by Crippen LogP contribution is -2.30. The van der Waals surface area contributed by atoms with Crippen molar-refractivity contribution >= 4 is 22.8 Å². The SMILES string of the molecule is CCSC1=NC(=C(C)C)C(=O)N1Cc1ccc(-c2ccccc2-c2nn[nH]n2)cc1. The third kappa shape index (κ3) is 3.91. The first-order chi connectivity index (χ1) is 14.6. The molecule has 30 heavy (non-hydrogen) atoms. The van der Waals surface area contributed by atoms with Crippen LogP contribution in [0.2, 0.25) is 0 Å². The fraction of sp³-hybridized carbons (Fsp3) is 0.227. The number of hydrogen-bond donors (Lipinski definition) is 1. The molecule has 152 valence electrons. The number of aliphatic imine (C=N–C) groups is 1. The monoisotopic (exact) mass is 418 g/mol. The highest BCUT2D eigenvalue weighted by molar-refractivity contribution is 8.13. The number of hydrogen-bond acceptors (Lipinski definition) is 6. The average Bonchev–Trinajstić information content (AvgIpc) is 3.39. The molecule has 3 aromatic rings. The molecule has 2 heterocycles.